The summed E-state index contributed by atoms with van der Waals surface area (Å²) in [6, 6.07) is 0.418. The second-order valence-corrected chi connectivity index (χ2v) is 6.57. The van der Waals surface area contributed by atoms with Crippen LogP contribution < -0.4 is 5.32 Å². The first-order chi connectivity index (χ1) is 9.13. The molecule has 1 fully saturated rings. The third-order valence-corrected chi connectivity index (χ3v) is 4.68. The Balaban J connectivity index is 2.18. The minimum Gasteiger partial charge on any atom is -0.311 e. The van der Waals surface area contributed by atoms with E-state index in [0.29, 0.717) is 6.04 Å². The fraction of sp³-hybridized carbons (Fsp3) is 0.786. The van der Waals surface area contributed by atoms with Gasteiger partial charge in [-0.1, -0.05) is 12.8 Å². The standard InChI is InChI=1S/C14H25BrN4/c1-16-13(11-6-4-5-7-11)14-12(15)10-17-19(14)9-8-18(2)3/h10-11,13,16H,4-9H2,1-3H3. The number of hydrogen-bond acceptors (Lipinski definition) is 3. The Kier molecular flexibility index (Phi) is 5.42. The summed E-state index contributed by atoms with van der Waals surface area (Å²) in [5.41, 5.74) is 1.32. The van der Waals surface area contributed by atoms with E-state index in [9.17, 15) is 0 Å². The summed E-state index contributed by atoms with van der Waals surface area (Å²) in [5.74, 6) is 0.746. The van der Waals surface area contributed by atoms with Crippen LogP contribution in [0.5, 0.6) is 0 Å². The average molecular weight is 329 g/mol. The third kappa shape index (κ3) is 3.58. The largest absolute Gasteiger partial charge is 0.311 e. The minimum absolute atomic E-state index is 0.418. The number of nitrogens with one attached hydrogen (secondary N) is 1. The van der Waals surface area contributed by atoms with Crippen LogP contribution >= 0.6 is 15.9 Å². The molecular weight excluding hydrogens is 304 g/mol. The van der Waals surface area contributed by atoms with Crippen LogP contribution in [0.15, 0.2) is 10.7 Å². The highest BCUT2D eigenvalue weighted by atomic mass is 79.9. The maximum atomic E-state index is 4.53. The molecule has 1 aromatic heterocycles. The quantitative estimate of drug-likeness (QED) is 0.871. The van der Waals surface area contributed by atoms with E-state index in [4.69, 9.17) is 0 Å². The number of likely N-dealkylation sites (N-methyl/N-ethyl adjacent to an activating group) is 1. The van der Waals surface area contributed by atoms with E-state index in [1.165, 1.54) is 31.4 Å². The first-order valence-electron chi connectivity index (χ1n) is 7.16. The zero-order chi connectivity index (χ0) is 13.8. The number of halogens is 1. The summed E-state index contributed by atoms with van der Waals surface area (Å²) in [5, 5.41) is 8.04. The van der Waals surface area contributed by atoms with Gasteiger partial charge in [-0.15, -0.1) is 0 Å². The van der Waals surface area contributed by atoms with E-state index in [1.807, 2.05) is 6.20 Å². The predicted octanol–water partition coefficient (Wildman–Crippen LogP) is 2.66. The summed E-state index contributed by atoms with van der Waals surface area (Å²) < 4.78 is 3.29. The van der Waals surface area contributed by atoms with Crippen LogP contribution in [0, 0.1) is 5.92 Å². The van der Waals surface area contributed by atoms with Crippen LogP contribution in [0.4, 0.5) is 0 Å². The zero-order valence-electron chi connectivity index (χ0n) is 12.2. The van der Waals surface area contributed by atoms with Crippen molar-refractivity contribution in [3.63, 3.8) is 0 Å². The zero-order valence-corrected chi connectivity index (χ0v) is 13.8. The molecule has 0 aromatic carbocycles. The maximum absolute atomic E-state index is 4.53. The van der Waals surface area contributed by atoms with Gasteiger partial charge >= 0.3 is 0 Å². The molecule has 1 N–H and O–H groups in total. The maximum Gasteiger partial charge on any atom is 0.0698 e. The van der Waals surface area contributed by atoms with Crippen molar-refractivity contribution in [3.8, 4) is 0 Å². The monoisotopic (exact) mass is 328 g/mol. The molecule has 1 unspecified atom stereocenters. The highest BCUT2D eigenvalue weighted by Crippen LogP contribution is 2.37. The Morgan fingerprint density at radius 3 is 2.74 bits per heavy atom. The Morgan fingerprint density at radius 2 is 2.16 bits per heavy atom. The highest BCUT2D eigenvalue weighted by molar-refractivity contribution is 9.10. The van der Waals surface area contributed by atoms with Gasteiger partial charge in [0.2, 0.25) is 0 Å². The van der Waals surface area contributed by atoms with Crippen molar-refractivity contribution in [3.05, 3.63) is 16.4 Å². The highest BCUT2D eigenvalue weighted by Gasteiger charge is 2.29. The molecule has 108 valence electrons. The van der Waals surface area contributed by atoms with E-state index < -0.39 is 0 Å². The van der Waals surface area contributed by atoms with E-state index in [2.05, 4.69) is 57.1 Å². The van der Waals surface area contributed by atoms with Crippen LogP contribution in [0.3, 0.4) is 0 Å². The van der Waals surface area contributed by atoms with Gasteiger partial charge in [0.25, 0.3) is 0 Å². The van der Waals surface area contributed by atoms with Gasteiger partial charge in [0.05, 0.1) is 29.0 Å². The van der Waals surface area contributed by atoms with Crippen molar-refractivity contribution in [2.24, 2.45) is 5.92 Å². The second-order valence-electron chi connectivity index (χ2n) is 5.72. The van der Waals surface area contributed by atoms with Crippen molar-refractivity contribution in [2.45, 2.75) is 38.3 Å². The van der Waals surface area contributed by atoms with Crippen molar-refractivity contribution < 1.29 is 0 Å². The molecule has 0 saturated heterocycles. The first-order valence-corrected chi connectivity index (χ1v) is 7.96. The lowest BCUT2D eigenvalue weighted by Gasteiger charge is -2.25. The van der Waals surface area contributed by atoms with Crippen molar-refractivity contribution in [2.75, 3.05) is 27.7 Å². The normalized spacial score (nSPS) is 18.4. The van der Waals surface area contributed by atoms with Gasteiger partial charge in [0.1, 0.15) is 0 Å². The number of aromatic nitrogens is 2. The molecule has 0 bridgehead atoms. The van der Waals surface area contributed by atoms with Crippen LogP contribution in [-0.4, -0.2) is 42.4 Å². The van der Waals surface area contributed by atoms with Gasteiger partial charge in [-0.25, -0.2) is 0 Å². The Bertz CT molecular complexity index is 396. The SMILES string of the molecule is CNC(c1c(Br)cnn1CCN(C)C)C1CCCC1. The van der Waals surface area contributed by atoms with Crippen molar-refractivity contribution in [1.29, 1.82) is 0 Å². The van der Waals surface area contributed by atoms with Crippen LogP contribution in [-0.2, 0) is 6.54 Å². The van der Waals surface area contributed by atoms with Gasteiger partial charge < -0.3 is 10.2 Å². The lowest BCUT2D eigenvalue weighted by atomic mass is 9.95. The summed E-state index contributed by atoms with van der Waals surface area (Å²) in [7, 11) is 6.27. The van der Waals surface area contributed by atoms with E-state index in [1.54, 1.807) is 0 Å². The van der Waals surface area contributed by atoms with Crippen LogP contribution in [0.25, 0.3) is 0 Å². The predicted molar refractivity (Wildman–Crippen MR) is 82.2 cm³/mol. The van der Waals surface area contributed by atoms with Gasteiger partial charge in [-0.3, -0.25) is 4.68 Å². The van der Waals surface area contributed by atoms with E-state index in [0.717, 1.165) is 23.5 Å². The van der Waals surface area contributed by atoms with Gasteiger partial charge in [0, 0.05) is 6.54 Å². The number of hydrogen-bond donors (Lipinski definition) is 1. The topological polar surface area (TPSA) is 33.1 Å². The first kappa shape index (κ1) is 15.0. The Hall–Kier alpha value is -0.390. The molecule has 1 aromatic rings. The molecule has 1 atom stereocenters. The minimum atomic E-state index is 0.418. The Morgan fingerprint density at radius 1 is 1.47 bits per heavy atom. The van der Waals surface area contributed by atoms with Crippen LogP contribution in [0.2, 0.25) is 0 Å². The molecule has 0 aliphatic heterocycles. The molecule has 1 heterocycles. The molecule has 1 saturated carbocycles. The molecule has 19 heavy (non-hydrogen) atoms. The van der Waals surface area contributed by atoms with Gasteiger partial charge in [-0.05, 0) is 55.8 Å². The summed E-state index contributed by atoms with van der Waals surface area (Å²) in [6.07, 6.45) is 7.33. The molecule has 2 rings (SSSR count). The fourth-order valence-electron chi connectivity index (χ4n) is 3.04. The molecular formula is C14H25BrN4. The lowest BCUT2D eigenvalue weighted by molar-refractivity contribution is 0.336. The lowest BCUT2D eigenvalue weighted by Crippen LogP contribution is -2.28. The molecule has 1 aliphatic rings. The summed E-state index contributed by atoms with van der Waals surface area (Å²) in [4.78, 5) is 2.20. The Labute approximate surface area is 124 Å². The average Bonchev–Trinajstić information content (AvgIpc) is 3.00. The van der Waals surface area contributed by atoms with E-state index >= 15 is 0 Å². The van der Waals surface area contributed by atoms with Gasteiger partial charge in [-0.2, -0.15) is 5.10 Å². The molecule has 1 aliphatic carbocycles. The van der Waals surface area contributed by atoms with Crippen LogP contribution in [0.1, 0.15) is 37.4 Å². The fourth-order valence-corrected chi connectivity index (χ4v) is 3.58. The number of nitrogens with zero attached hydrogens (tertiary/aromatic N) is 3. The van der Waals surface area contributed by atoms with E-state index in [-0.39, 0.29) is 0 Å². The molecule has 4 nitrogen and oxygen atoms in total. The molecule has 0 amide bonds. The smallest absolute Gasteiger partial charge is 0.0698 e. The third-order valence-electron chi connectivity index (χ3n) is 4.07. The molecule has 0 spiro atoms. The summed E-state index contributed by atoms with van der Waals surface area (Å²) in [6.45, 7) is 1.96. The number of rotatable bonds is 6. The van der Waals surface area contributed by atoms with Crippen molar-refractivity contribution in [1.82, 2.24) is 20.0 Å². The molecule has 0 radical (unpaired) electrons. The summed E-state index contributed by atoms with van der Waals surface area (Å²) >= 11 is 3.68. The second kappa shape index (κ2) is 6.86. The van der Waals surface area contributed by atoms with Gasteiger partial charge in [0.15, 0.2) is 0 Å². The molecule has 5 heteroatoms. The van der Waals surface area contributed by atoms with Crippen molar-refractivity contribution >= 4 is 15.9 Å².